The minimum absolute atomic E-state index is 0.275. The van der Waals surface area contributed by atoms with E-state index in [-0.39, 0.29) is 5.92 Å². The van der Waals surface area contributed by atoms with Gasteiger partial charge in [0.2, 0.25) is 0 Å². The van der Waals surface area contributed by atoms with Gasteiger partial charge in [0.25, 0.3) is 0 Å². The average molecular weight is 289 g/mol. The first-order valence-electron chi connectivity index (χ1n) is 7.16. The minimum atomic E-state index is 0.275. The number of anilines is 2. The Morgan fingerprint density at radius 1 is 1.10 bits per heavy atom. The molecular weight excluding hydrogens is 266 g/mol. The van der Waals surface area contributed by atoms with Crippen LogP contribution in [0.1, 0.15) is 48.2 Å². The zero-order valence-electron chi connectivity index (χ0n) is 13.5. The van der Waals surface area contributed by atoms with Gasteiger partial charge < -0.3 is 15.2 Å². The van der Waals surface area contributed by atoms with Gasteiger partial charge in [-0.2, -0.15) is 0 Å². The van der Waals surface area contributed by atoms with Crippen LogP contribution in [0.5, 0.6) is 0 Å². The molecule has 0 aliphatic heterocycles. The molecule has 6 heteroatoms. The van der Waals surface area contributed by atoms with Crippen molar-refractivity contribution >= 4 is 11.6 Å². The van der Waals surface area contributed by atoms with Gasteiger partial charge in [-0.1, -0.05) is 19.0 Å². The molecule has 0 amide bonds. The lowest BCUT2D eigenvalue weighted by Gasteiger charge is -2.15. The van der Waals surface area contributed by atoms with Crippen LogP contribution in [0.2, 0.25) is 0 Å². The van der Waals surface area contributed by atoms with E-state index < -0.39 is 0 Å². The number of aromatic nitrogens is 3. The molecule has 6 nitrogen and oxygen atoms in total. The summed E-state index contributed by atoms with van der Waals surface area (Å²) in [5, 5.41) is 10.5. The van der Waals surface area contributed by atoms with E-state index in [1.165, 1.54) is 0 Å². The second kappa shape index (κ2) is 6.11. The van der Waals surface area contributed by atoms with Crippen LogP contribution in [0.25, 0.3) is 0 Å². The second-order valence-corrected chi connectivity index (χ2v) is 5.46. The zero-order valence-corrected chi connectivity index (χ0v) is 13.5. The first-order chi connectivity index (χ1) is 9.93. The molecule has 2 heterocycles. The summed E-state index contributed by atoms with van der Waals surface area (Å²) < 4.78 is 5.19. The molecule has 0 saturated heterocycles. The number of nitrogens with zero attached hydrogens (tertiary/aromatic N) is 3. The third kappa shape index (κ3) is 3.15. The van der Waals surface area contributed by atoms with E-state index in [0.717, 1.165) is 40.0 Å². The molecule has 0 aliphatic carbocycles. The Morgan fingerprint density at radius 3 is 2.29 bits per heavy atom. The molecule has 0 fully saturated rings. The summed E-state index contributed by atoms with van der Waals surface area (Å²) in [5.41, 5.74) is 2.99. The van der Waals surface area contributed by atoms with Gasteiger partial charge in [-0.15, -0.1) is 0 Å². The highest BCUT2D eigenvalue weighted by Crippen LogP contribution is 2.24. The lowest BCUT2D eigenvalue weighted by Crippen LogP contribution is -2.11. The Labute approximate surface area is 125 Å². The molecule has 0 aliphatic rings. The van der Waals surface area contributed by atoms with Crippen LogP contribution in [-0.4, -0.2) is 22.2 Å². The van der Waals surface area contributed by atoms with Crippen LogP contribution in [-0.2, 0) is 6.54 Å². The minimum Gasteiger partial charge on any atom is -0.373 e. The monoisotopic (exact) mass is 289 g/mol. The lowest BCUT2D eigenvalue weighted by molar-refractivity contribution is 0.392. The molecule has 0 bridgehead atoms. The van der Waals surface area contributed by atoms with Crippen molar-refractivity contribution < 1.29 is 4.52 Å². The number of rotatable bonds is 5. The van der Waals surface area contributed by atoms with Crippen molar-refractivity contribution in [3.8, 4) is 0 Å². The molecule has 21 heavy (non-hydrogen) atoms. The molecule has 0 spiro atoms. The summed E-state index contributed by atoms with van der Waals surface area (Å²) >= 11 is 0. The Hall–Kier alpha value is -2.11. The van der Waals surface area contributed by atoms with Crippen LogP contribution >= 0.6 is 0 Å². The standard InChI is InChI=1S/C15H23N5O/c1-8(2)13-18-14(16-6)9(3)15(19-13)17-7-12-10(4)20-21-11(12)5/h8H,7H2,1-6H3,(H2,16,17,18,19). The number of hydrogen-bond donors (Lipinski definition) is 2. The van der Waals surface area contributed by atoms with E-state index in [4.69, 9.17) is 4.52 Å². The molecular formula is C15H23N5O. The third-order valence-electron chi connectivity index (χ3n) is 3.53. The summed E-state index contributed by atoms with van der Waals surface area (Å²) in [7, 11) is 1.87. The van der Waals surface area contributed by atoms with Gasteiger partial charge >= 0.3 is 0 Å². The SMILES string of the molecule is CNc1nc(C(C)C)nc(NCc2c(C)noc2C)c1C. The quantitative estimate of drug-likeness (QED) is 0.880. The average Bonchev–Trinajstić information content (AvgIpc) is 2.77. The Bertz CT molecular complexity index is 614. The smallest absolute Gasteiger partial charge is 0.138 e. The molecule has 2 aromatic rings. The molecule has 2 aromatic heterocycles. The predicted molar refractivity (Wildman–Crippen MR) is 83.7 cm³/mol. The number of aryl methyl sites for hydroxylation is 2. The van der Waals surface area contributed by atoms with Crippen molar-refractivity contribution in [3.05, 3.63) is 28.4 Å². The molecule has 0 aromatic carbocycles. The fourth-order valence-corrected chi connectivity index (χ4v) is 2.13. The molecule has 2 N–H and O–H groups in total. The van der Waals surface area contributed by atoms with Crippen LogP contribution in [0.4, 0.5) is 11.6 Å². The van der Waals surface area contributed by atoms with Crippen LogP contribution in [0.15, 0.2) is 4.52 Å². The van der Waals surface area contributed by atoms with Crippen molar-refractivity contribution in [3.63, 3.8) is 0 Å². The molecule has 0 saturated carbocycles. The van der Waals surface area contributed by atoms with Crippen LogP contribution in [0, 0.1) is 20.8 Å². The summed E-state index contributed by atoms with van der Waals surface area (Å²) in [5.74, 6) is 3.64. The molecule has 0 atom stereocenters. The highest BCUT2D eigenvalue weighted by atomic mass is 16.5. The van der Waals surface area contributed by atoms with Gasteiger partial charge in [0.05, 0.1) is 5.69 Å². The molecule has 114 valence electrons. The fourth-order valence-electron chi connectivity index (χ4n) is 2.13. The largest absolute Gasteiger partial charge is 0.373 e. The Balaban J connectivity index is 2.29. The van der Waals surface area contributed by atoms with E-state index in [1.807, 2.05) is 27.8 Å². The summed E-state index contributed by atoms with van der Waals surface area (Å²) in [6.07, 6.45) is 0. The van der Waals surface area contributed by atoms with Gasteiger partial charge in [-0.05, 0) is 20.8 Å². The van der Waals surface area contributed by atoms with Crippen molar-refractivity contribution in [2.24, 2.45) is 0 Å². The van der Waals surface area contributed by atoms with Crippen molar-refractivity contribution in [1.29, 1.82) is 0 Å². The summed E-state index contributed by atoms with van der Waals surface area (Å²) in [4.78, 5) is 9.16. The lowest BCUT2D eigenvalue weighted by atomic mass is 10.2. The number of hydrogen-bond acceptors (Lipinski definition) is 6. The maximum absolute atomic E-state index is 5.19. The van der Waals surface area contributed by atoms with Crippen LogP contribution < -0.4 is 10.6 Å². The van der Waals surface area contributed by atoms with Crippen LogP contribution in [0.3, 0.4) is 0 Å². The third-order valence-corrected chi connectivity index (χ3v) is 3.53. The van der Waals surface area contributed by atoms with Gasteiger partial charge in [0.1, 0.15) is 23.2 Å². The van der Waals surface area contributed by atoms with Crippen molar-refractivity contribution in [2.45, 2.75) is 47.1 Å². The Kier molecular flexibility index (Phi) is 4.45. The number of nitrogens with one attached hydrogen (secondary N) is 2. The van der Waals surface area contributed by atoms with Crippen molar-refractivity contribution in [1.82, 2.24) is 15.1 Å². The molecule has 2 rings (SSSR count). The Morgan fingerprint density at radius 2 is 1.76 bits per heavy atom. The van der Waals surface area contributed by atoms with Gasteiger partial charge in [-0.3, -0.25) is 0 Å². The maximum atomic E-state index is 5.19. The normalized spacial score (nSPS) is 11.0. The fraction of sp³-hybridized carbons (Fsp3) is 0.533. The van der Waals surface area contributed by atoms with E-state index in [2.05, 4.69) is 39.6 Å². The highest BCUT2D eigenvalue weighted by molar-refractivity contribution is 5.57. The van der Waals surface area contributed by atoms with Gasteiger partial charge in [-0.25, -0.2) is 9.97 Å². The summed E-state index contributed by atoms with van der Waals surface area (Å²) in [6.45, 7) is 10.7. The van der Waals surface area contributed by atoms with E-state index >= 15 is 0 Å². The first-order valence-corrected chi connectivity index (χ1v) is 7.16. The zero-order chi connectivity index (χ0) is 15.6. The predicted octanol–water partition coefficient (Wildman–Crippen LogP) is 3.17. The molecule has 0 radical (unpaired) electrons. The summed E-state index contributed by atoms with van der Waals surface area (Å²) in [6, 6.07) is 0. The molecule has 0 unspecified atom stereocenters. The van der Waals surface area contributed by atoms with E-state index in [0.29, 0.717) is 6.54 Å². The van der Waals surface area contributed by atoms with E-state index in [1.54, 1.807) is 0 Å². The van der Waals surface area contributed by atoms with E-state index in [9.17, 15) is 0 Å². The topological polar surface area (TPSA) is 75.9 Å². The van der Waals surface area contributed by atoms with Crippen molar-refractivity contribution in [2.75, 3.05) is 17.7 Å². The van der Waals surface area contributed by atoms with Gasteiger partial charge in [0.15, 0.2) is 0 Å². The van der Waals surface area contributed by atoms with Gasteiger partial charge in [0, 0.05) is 30.6 Å². The first kappa shape index (κ1) is 15.3. The second-order valence-electron chi connectivity index (χ2n) is 5.46. The highest BCUT2D eigenvalue weighted by Gasteiger charge is 2.14. The maximum Gasteiger partial charge on any atom is 0.138 e.